The number of rotatable bonds is 7. The Kier molecular flexibility index (Phi) is 5.65. The molecule has 0 atom stereocenters. The minimum absolute atomic E-state index is 0.0490. The molecular formula is C21H19N5O4S. The quantitative estimate of drug-likeness (QED) is 0.459. The van der Waals surface area contributed by atoms with E-state index >= 15 is 0 Å². The SMILES string of the molecule is Cc1c(C(=O)Nc2ccc(S(=O)(=O)NCc3ccco3)cc2)cnn1-c1ccccn1. The number of amides is 1. The van der Waals surface area contributed by atoms with Gasteiger partial charge in [0.25, 0.3) is 5.91 Å². The first-order valence-corrected chi connectivity index (χ1v) is 10.8. The predicted octanol–water partition coefficient (Wildman–Crippen LogP) is 2.90. The third kappa shape index (κ3) is 4.55. The van der Waals surface area contributed by atoms with Gasteiger partial charge in [-0.25, -0.2) is 22.8 Å². The van der Waals surface area contributed by atoms with Crippen LogP contribution in [0.3, 0.4) is 0 Å². The lowest BCUT2D eigenvalue weighted by Crippen LogP contribution is -2.23. The molecule has 0 saturated heterocycles. The zero-order chi connectivity index (χ0) is 21.8. The number of anilines is 1. The second-order valence-corrected chi connectivity index (χ2v) is 8.39. The predicted molar refractivity (Wildman–Crippen MR) is 113 cm³/mol. The van der Waals surface area contributed by atoms with Gasteiger partial charge in [0.15, 0.2) is 5.82 Å². The number of hydrogen-bond acceptors (Lipinski definition) is 6. The van der Waals surface area contributed by atoms with Crippen molar-refractivity contribution in [3.63, 3.8) is 0 Å². The van der Waals surface area contributed by atoms with Crippen LogP contribution in [-0.4, -0.2) is 29.1 Å². The molecule has 2 N–H and O–H groups in total. The van der Waals surface area contributed by atoms with Crippen molar-refractivity contribution in [1.82, 2.24) is 19.5 Å². The summed E-state index contributed by atoms with van der Waals surface area (Å²) in [6, 6.07) is 14.7. The van der Waals surface area contributed by atoms with Gasteiger partial charge < -0.3 is 9.73 Å². The number of benzene rings is 1. The molecule has 1 amide bonds. The molecule has 31 heavy (non-hydrogen) atoms. The highest BCUT2D eigenvalue weighted by Gasteiger charge is 2.17. The van der Waals surface area contributed by atoms with Crippen molar-refractivity contribution in [3.8, 4) is 5.82 Å². The molecule has 4 aromatic rings. The number of pyridine rings is 1. The Bertz CT molecular complexity index is 1280. The summed E-state index contributed by atoms with van der Waals surface area (Å²) >= 11 is 0. The van der Waals surface area contributed by atoms with Crippen molar-refractivity contribution < 1.29 is 17.6 Å². The fourth-order valence-electron chi connectivity index (χ4n) is 2.92. The van der Waals surface area contributed by atoms with Crippen molar-refractivity contribution in [1.29, 1.82) is 0 Å². The number of hydrogen-bond donors (Lipinski definition) is 2. The Labute approximate surface area is 178 Å². The lowest BCUT2D eigenvalue weighted by molar-refractivity contribution is 0.102. The van der Waals surface area contributed by atoms with Crippen LogP contribution in [0.2, 0.25) is 0 Å². The maximum atomic E-state index is 12.7. The molecule has 10 heteroatoms. The van der Waals surface area contributed by atoms with Crippen LogP contribution in [-0.2, 0) is 16.6 Å². The summed E-state index contributed by atoms with van der Waals surface area (Å²) in [7, 11) is -3.71. The summed E-state index contributed by atoms with van der Waals surface area (Å²) in [5.41, 5.74) is 1.49. The summed E-state index contributed by atoms with van der Waals surface area (Å²) in [6.45, 7) is 1.82. The van der Waals surface area contributed by atoms with Crippen LogP contribution in [0.25, 0.3) is 5.82 Å². The molecule has 0 aliphatic carbocycles. The van der Waals surface area contributed by atoms with E-state index < -0.39 is 10.0 Å². The molecule has 0 saturated carbocycles. The van der Waals surface area contributed by atoms with Crippen LogP contribution in [0.15, 0.2) is 82.6 Å². The molecule has 0 aliphatic rings. The smallest absolute Gasteiger partial charge is 0.259 e. The molecular weight excluding hydrogens is 418 g/mol. The molecule has 0 bridgehead atoms. The average molecular weight is 437 g/mol. The highest BCUT2D eigenvalue weighted by Crippen LogP contribution is 2.17. The Balaban J connectivity index is 1.44. The number of sulfonamides is 1. The molecule has 4 rings (SSSR count). The van der Waals surface area contributed by atoms with Crippen molar-refractivity contribution in [2.75, 3.05) is 5.32 Å². The normalized spacial score (nSPS) is 11.4. The molecule has 9 nitrogen and oxygen atoms in total. The second kappa shape index (κ2) is 8.54. The molecule has 0 radical (unpaired) electrons. The molecule has 0 fully saturated rings. The molecule has 0 aliphatic heterocycles. The zero-order valence-electron chi connectivity index (χ0n) is 16.5. The monoisotopic (exact) mass is 437 g/mol. The van der Waals surface area contributed by atoms with Crippen LogP contribution in [0.4, 0.5) is 5.69 Å². The Morgan fingerprint density at radius 3 is 2.58 bits per heavy atom. The summed E-state index contributed by atoms with van der Waals surface area (Å²) < 4.78 is 34.0. The van der Waals surface area contributed by atoms with E-state index in [0.717, 1.165) is 0 Å². The molecule has 0 spiro atoms. The standard InChI is InChI=1S/C21H19N5O4S/c1-15-19(14-23-26(15)20-6-2-3-11-22-20)21(27)25-16-7-9-18(10-8-16)31(28,29)24-13-17-5-4-12-30-17/h2-12,14,24H,13H2,1H3,(H,25,27). The molecule has 158 valence electrons. The molecule has 1 aromatic carbocycles. The van der Waals surface area contributed by atoms with E-state index in [2.05, 4.69) is 20.1 Å². The van der Waals surface area contributed by atoms with E-state index in [9.17, 15) is 13.2 Å². The maximum absolute atomic E-state index is 12.7. The van der Waals surface area contributed by atoms with Crippen molar-refractivity contribution in [2.45, 2.75) is 18.4 Å². The summed E-state index contributed by atoms with van der Waals surface area (Å²) in [4.78, 5) is 17.0. The highest BCUT2D eigenvalue weighted by molar-refractivity contribution is 7.89. The van der Waals surface area contributed by atoms with Gasteiger partial charge in [0.05, 0.1) is 35.2 Å². The van der Waals surface area contributed by atoms with E-state index in [1.807, 2.05) is 6.07 Å². The number of furan rings is 1. The van der Waals surface area contributed by atoms with Crippen molar-refractivity contribution in [2.24, 2.45) is 0 Å². The third-order valence-corrected chi connectivity index (χ3v) is 5.98. The van der Waals surface area contributed by atoms with E-state index in [1.165, 1.54) is 36.7 Å². The average Bonchev–Trinajstić information content (AvgIpc) is 3.43. The van der Waals surface area contributed by atoms with Gasteiger partial charge in [-0.1, -0.05) is 6.07 Å². The Hall–Kier alpha value is -3.76. The fourth-order valence-corrected chi connectivity index (χ4v) is 3.91. The van der Waals surface area contributed by atoms with Crippen LogP contribution in [0.1, 0.15) is 21.8 Å². The number of nitrogens with zero attached hydrogens (tertiary/aromatic N) is 3. The topological polar surface area (TPSA) is 119 Å². The third-order valence-electron chi connectivity index (χ3n) is 4.56. The molecule has 3 heterocycles. The van der Waals surface area contributed by atoms with Crippen molar-refractivity contribution in [3.05, 3.63) is 90.3 Å². The number of carbonyl (C=O) groups excluding carboxylic acids is 1. The lowest BCUT2D eigenvalue weighted by Gasteiger charge is -2.08. The van der Waals surface area contributed by atoms with Gasteiger partial charge in [-0.05, 0) is 55.5 Å². The highest BCUT2D eigenvalue weighted by atomic mass is 32.2. The van der Waals surface area contributed by atoms with Gasteiger partial charge in [0.1, 0.15) is 5.76 Å². The minimum Gasteiger partial charge on any atom is -0.468 e. The second-order valence-electron chi connectivity index (χ2n) is 6.63. The first-order chi connectivity index (χ1) is 14.9. The first-order valence-electron chi connectivity index (χ1n) is 9.33. The number of carbonyl (C=O) groups is 1. The summed E-state index contributed by atoms with van der Waals surface area (Å²) in [5.74, 6) is 0.760. The Morgan fingerprint density at radius 2 is 1.90 bits per heavy atom. The van der Waals surface area contributed by atoms with Gasteiger partial charge in [0.2, 0.25) is 10.0 Å². The minimum atomic E-state index is -3.71. The first kappa shape index (κ1) is 20.5. The van der Waals surface area contributed by atoms with Gasteiger partial charge in [0, 0.05) is 11.9 Å². The van der Waals surface area contributed by atoms with Gasteiger partial charge >= 0.3 is 0 Å². The lowest BCUT2D eigenvalue weighted by atomic mass is 10.2. The van der Waals surface area contributed by atoms with Gasteiger partial charge in [-0.2, -0.15) is 5.10 Å². The molecule has 3 aromatic heterocycles. The van der Waals surface area contributed by atoms with E-state index in [0.29, 0.717) is 28.5 Å². The van der Waals surface area contributed by atoms with E-state index in [-0.39, 0.29) is 17.3 Å². The largest absolute Gasteiger partial charge is 0.468 e. The summed E-state index contributed by atoms with van der Waals surface area (Å²) in [6.07, 6.45) is 4.59. The number of aromatic nitrogens is 3. The van der Waals surface area contributed by atoms with Crippen LogP contribution in [0.5, 0.6) is 0 Å². The summed E-state index contributed by atoms with van der Waals surface area (Å²) in [5, 5.41) is 6.99. The van der Waals surface area contributed by atoms with E-state index in [4.69, 9.17) is 4.42 Å². The van der Waals surface area contributed by atoms with Crippen LogP contribution in [0, 0.1) is 6.92 Å². The van der Waals surface area contributed by atoms with Gasteiger partial charge in [-0.3, -0.25) is 4.79 Å². The zero-order valence-corrected chi connectivity index (χ0v) is 17.3. The molecule has 0 unspecified atom stereocenters. The fraction of sp³-hybridized carbons (Fsp3) is 0.0952. The van der Waals surface area contributed by atoms with Crippen LogP contribution >= 0.6 is 0 Å². The van der Waals surface area contributed by atoms with E-state index in [1.54, 1.807) is 42.1 Å². The van der Waals surface area contributed by atoms with Crippen molar-refractivity contribution >= 4 is 21.6 Å². The maximum Gasteiger partial charge on any atom is 0.259 e. The van der Waals surface area contributed by atoms with Crippen LogP contribution < -0.4 is 10.0 Å². The Morgan fingerprint density at radius 1 is 1.10 bits per heavy atom. The number of nitrogens with one attached hydrogen (secondary N) is 2. The van der Waals surface area contributed by atoms with Gasteiger partial charge in [-0.15, -0.1) is 0 Å².